The van der Waals surface area contributed by atoms with E-state index in [0.29, 0.717) is 10.8 Å². The van der Waals surface area contributed by atoms with E-state index < -0.39 is 5.60 Å². The summed E-state index contributed by atoms with van der Waals surface area (Å²) >= 11 is 3.13. The molecule has 0 spiro atoms. The molecule has 1 aromatic rings. The molecule has 0 radical (unpaired) electrons. The molecule has 0 saturated carbocycles. The second-order valence-corrected chi connectivity index (χ2v) is 3.22. The maximum atomic E-state index is 10.3. The summed E-state index contributed by atoms with van der Waals surface area (Å²) in [5.74, 6) is 0.229. The first-order valence-electron chi connectivity index (χ1n) is 3.00. The molecule has 1 unspecified atom stereocenters. The summed E-state index contributed by atoms with van der Waals surface area (Å²) in [4.78, 5) is 10.3. The number of rotatable bonds is 2. The molecule has 0 bridgehead atoms. The van der Waals surface area contributed by atoms with Gasteiger partial charge in [0.2, 0.25) is 0 Å². The van der Waals surface area contributed by atoms with Crippen molar-refractivity contribution in [1.82, 2.24) is 0 Å². The summed E-state index contributed by atoms with van der Waals surface area (Å²) < 4.78 is 5.48. The van der Waals surface area contributed by atoms with E-state index in [1.165, 1.54) is 13.2 Å². The minimum Gasteiger partial charge on any atom is -0.465 e. The Kier molecular flexibility index (Phi) is 2.15. The molecule has 0 aliphatic heterocycles. The van der Waals surface area contributed by atoms with Gasteiger partial charge < -0.3 is 9.52 Å². The molecule has 60 valence electrons. The molecule has 1 heterocycles. The lowest BCUT2D eigenvalue weighted by molar-refractivity contribution is -0.124. The van der Waals surface area contributed by atoms with Gasteiger partial charge in [-0.15, -0.1) is 0 Å². The normalized spacial score (nSPS) is 15.9. The summed E-state index contributed by atoms with van der Waals surface area (Å²) in [5.41, 5.74) is -1.54. The number of furan rings is 1. The first-order chi connectivity index (χ1) is 5.08. The highest BCUT2D eigenvalue weighted by molar-refractivity contribution is 9.10. The zero-order chi connectivity index (χ0) is 8.48. The Labute approximate surface area is 72.1 Å². The summed E-state index contributed by atoms with van der Waals surface area (Å²) in [6, 6.07) is 1.62. The highest BCUT2D eigenvalue weighted by Gasteiger charge is 2.27. The number of aliphatic hydroxyl groups is 1. The van der Waals surface area contributed by atoms with Crippen LogP contribution in [0.4, 0.5) is 0 Å². The number of aldehydes is 1. The smallest absolute Gasteiger partial charge is 0.175 e. The Bertz CT molecular complexity index is 264. The zero-order valence-electron chi connectivity index (χ0n) is 5.87. The summed E-state index contributed by atoms with van der Waals surface area (Å²) in [7, 11) is 0. The lowest BCUT2D eigenvalue weighted by Gasteiger charge is -2.11. The second-order valence-electron chi connectivity index (χ2n) is 2.36. The van der Waals surface area contributed by atoms with Crippen molar-refractivity contribution in [1.29, 1.82) is 0 Å². The van der Waals surface area contributed by atoms with Gasteiger partial charge in [0.1, 0.15) is 0 Å². The number of carbonyl (C=O) groups excluding carboxylic acids is 1. The van der Waals surface area contributed by atoms with Gasteiger partial charge in [0.15, 0.2) is 17.6 Å². The summed E-state index contributed by atoms with van der Waals surface area (Å²) in [6.07, 6.45) is 1.83. The fourth-order valence-electron chi connectivity index (χ4n) is 0.708. The SMILES string of the molecule is CC(O)(C=O)c1occc1Br. The maximum Gasteiger partial charge on any atom is 0.175 e. The van der Waals surface area contributed by atoms with Gasteiger partial charge in [0.05, 0.1) is 10.7 Å². The molecule has 0 saturated heterocycles. The van der Waals surface area contributed by atoms with Crippen molar-refractivity contribution in [2.45, 2.75) is 12.5 Å². The molecule has 1 atom stereocenters. The van der Waals surface area contributed by atoms with Crippen LogP contribution in [0, 0.1) is 0 Å². The summed E-state index contributed by atoms with van der Waals surface area (Å²) in [5, 5.41) is 9.37. The van der Waals surface area contributed by atoms with Gasteiger partial charge in [-0.3, -0.25) is 4.79 Å². The highest BCUT2D eigenvalue weighted by Crippen LogP contribution is 2.27. The van der Waals surface area contributed by atoms with Crippen molar-refractivity contribution in [3.8, 4) is 0 Å². The van der Waals surface area contributed by atoms with Crippen molar-refractivity contribution < 1.29 is 14.3 Å². The number of halogens is 1. The van der Waals surface area contributed by atoms with E-state index in [9.17, 15) is 9.90 Å². The summed E-state index contributed by atoms with van der Waals surface area (Å²) in [6.45, 7) is 1.36. The Morgan fingerprint density at radius 2 is 2.45 bits per heavy atom. The van der Waals surface area contributed by atoms with Gasteiger partial charge in [0.25, 0.3) is 0 Å². The van der Waals surface area contributed by atoms with Crippen LogP contribution in [0.2, 0.25) is 0 Å². The quantitative estimate of drug-likeness (QED) is 0.765. The minimum absolute atomic E-state index is 0.229. The van der Waals surface area contributed by atoms with E-state index in [1.807, 2.05) is 0 Å². The van der Waals surface area contributed by atoms with Gasteiger partial charge in [0, 0.05) is 0 Å². The van der Waals surface area contributed by atoms with Crippen molar-refractivity contribution in [2.24, 2.45) is 0 Å². The molecule has 0 fully saturated rings. The van der Waals surface area contributed by atoms with Crippen LogP contribution < -0.4 is 0 Å². The van der Waals surface area contributed by atoms with Crippen LogP contribution >= 0.6 is 15.9 Å². The molecule has 3 nitrogen and oxygen atoms in total. The zero-order valence-corrected chi connectivity index (χ0v) is 7.46. The molecule has 4 heteroatoms. The molecule has 0 amide bonds. The van der Waals surface area contributed by atoms with Crippen molar-refractivity contribution >= 4 is 22.2 Å². The van der Waals surface area contributed by atoms with Gasteiger partial charge in [-0.2, -0.15) is 0 Å². The molecule has 0 aliphatic carbocycles. The van der Waals surface area contributed by atoms with Crippen molar-refractivity contribution in [3.05, 3.63) is 22.6 Å². The van der Waals surface area contributed by atoms with Crippen LogP contribution in [0.1, 0.15) is 12.7 Å². The fraction of sp³-hybridized carbons (Fsp3) is 0.286. The van der Waals surface area contributed by atoms with E-state index in [4.69, 9.17) is 4.42 Å². The maximum absolute atomic E-state index is 10.3. The molecular formula is C7H7BrO3. The number of carbonyl (C=O) groups is 1. The molecule has 0 aliphatic rings. The number of hydrogen-bond donors (Lipinski definition) is 1. The first kappa shape index (κ1) is 8.49. The third-order valence-electron chi connectivity index (χ3n) is 1.31. The number of hydrogen-bond acceptors (Lipinski definition) is 3. The largest absolute Gasteiger partial charge is 0.465 e. The van der Waals surface area contributed by atoms with Crippen LogP contribution in [-0.2, 0) is 10.4 Å². The van der Waals surface area contributed by atoms with Crippen molar-refractivity contribution in [2.75, 3.05) is 0 Å². The highest BCUT2D eigenvalue weighted by atomic mass is 79.9. The monoisotopic (exact) mass is 218 g/mol. The van der Waals surface area contributed by atoms with Crippen LogP contribution in [-0.4, -0.2) is 11.4 Å². The molecule has 1 N–H and O–H groups in total. The molecule has 0 aromatic carbocycles. The fourth-order valence-corrected chi connectivity index (χ4v) is 1.31. The molecular weight excluding hydrogens is 212 g/mol. The first-order valence-corrected chi connectivity index (χ1v) is 3.79. The van der Waals surface area contributed by atoms with E-state index in [1.54, 1.807) is 6.07 Å². The Balaban J connectivity index is 3.10. The molecule has 11 heavy (non-hydrogen) atoms. The Morgan fingerprint density at radius 3 is 2.82 bits per heavy atom. The third-order valence-corrected chi connectivity index (χ3v) is 1.93. The average Bonchev–Trinajstić information content (AvgIpc) is 2.36. The van der Waals surface area contributed by atoms with Gasteiger partial charge in [-0.25, -0.2) is 0 Å². The predicted molar refractivity (Wildman–Crippen MR) is 42.0 cm³/mol. The van der Waals surface area contributed by atoms with Gasteiger partial charge >= 0.3 is 0 Å². The average molecular weight is 219 g/mol. The van der Waals surface area contributed by atoms with E-state index in [0.717, 1.165) is 0 Å². The van der Waals surface area contributed by atoms with Crippen LogP contribution in [0.15, 0.2) is 21.2 Å². The van der Waals surface area contributed by atoms with Gasteiger partial charge in [-0.1, -0.05) is 0 Å². The topological polar surface area (TPSA) is 50.4 Å². The van der Waals surface area contributed by atoms with Crippen molar-refractivity contribution in [3.63, 3.8) is 0 Å². The minimum atomic E-state index is -1.54. The van der Waals surface area contributed by atoms with Crippen LogP contribution in [0.25, 0.3) is 0 Å². The van der Waals surface area contributed by atoms with Gasteiger partial charge in [-0.05, 0) is 28.9 Å². The standard InChI is InChI=1S/C7H7BrO3/c1-7(10,4-9)6-5(8)2-3-11-6/h2-4,10H,1H3. The van der Waals surface area contributed by atoms with E-state index >= 15 is 0 Å². The Hall–Kier alpha value is -0.610. The van der Waals surface area contributed by atoms with E-state index in [-0.39, 0.29) is 5.76 Å². The predicted octanol–water partition coefficient (Wildman–Crippen LogP) is 1.45. The third kappa shape index (κ3) is 1.52. The van der Waals surface area contributed by atoms with E-state index in [2.05, 4.69) is 15.9 Å². The molecule has 1 aromatic heterocycles. The van der Waals surface area contributed by atoms with Crippen LogP contribution in [0.3, 0.4) is 0 Å². The lowest BCUT2D eigenvalue weighted by Crippen LogP contribution is -2.22. The Morgan fingerprint density at radius 1 is 1.82 bits per heavy atom. The lowest BCUT2D eigenvalue weighted by atomic mass is 10.1. The second kappa shape index (κ2) is 2.79. The molecule has 1 rings (SSSR count). The van der Waals surface area contributed by atoms with Crippen LogP contribution in [0.5, 0.6) is 0 Å².